The van der Waals surface area contributed by atoms with Crippen LogP contribution in [0.3, 0.4) is 0 Å². The summed E-state index contributed by atoms with van der Waals surface area (Å²) in [6.45, 7) is 13.3. The Kier molecular flexibility index (Phi) is 10.7. The molecule has 0 N–H and O–H groups in total. The number of rotatable bonds is 8. The van der Waals surface area contributed by atoms with Crippen LogP contribution in [0.5, 0.6) is 0 Å². The van der Waals surface area contributed by atoms with Crippen molar-refractivity contribution in [1.29, 1.82) is 0 Å². The maximum absolute atomic E-state index is 11.9. The van der Waals surface area contributed by atoms with Crippen molar-refractivity contribution in [2.75, 3.05) is 39.8 Å². The molecule has 1 saturated heterocycles. The van der Waals surface area contributed by atoms with E-state index in [2.05, 4.69) is 18.7 Å². The summed E-state index contributed by atoms with van der Waals surface area (Å²) < 4.78 is 5.85. The zero-order chi connectivity index (χ0) is 15.8. The van der Waals surface area contributed by atoms with E-state index in [0.717, 1.165) is 38.6 Å². The summed E-state index contributed by atoms with van der Waals surface area (Å²) in [5.74, 6) is 1.09. The standard InChI is InChI=1S/C17H34N2O2.CH4/c1-14(2)7-6-9-19-11-12-21-16(13-19)8-10-18(5)17(20)15(3)4;/h14-16H,6-13H2,1-5H3;1H4/t16-;/m1./s1. The van der Waals surface area contributed by atoms with Gasteiger partial charge in [-0.05, 0) is 31.7 Å². The number of ether oxygens (including phenoxy) is 1. The fraction of sp³-hybridized carbons (Fsp3) is 0.944. The Balaban J connectivity index is 0.00000441. The molecule has 1 atom stereocenters. The number of amides is 1. The molecule has 0 saturated carbocycles. The number of morpholine rings is 1. The van der Waals surface area contributed by atoms with Crippen molar-refractivity contribution >= 4 is 5.91 Å². The van der Waals surface area contributed by atoms with Crippen molar-refractivity contribution in [1.82, 2.24) is 9.80 Å². The van der Waals surface area contributed by atoms with Crippen molar-refractivity contribution in [2.24, 2.45) is 11.8 Å². The van der Waals surface area contributed by atoms with Crippen LogP contribution in [0.1, 0.15) is 54.4 Å². The highest BCUT2D eigenvalue weighted by Gasteiger charge is 2.21. The van der Waals surface area contributed by atoms with Crippen LogP contribution in [0.4, 0.5) is 0 Å². The molecule has 0 aromatic carbocycles. The summed E-state index contributed by atoms with van der Waals surface area (Å²) in [7, 11) is 1.89. The van der Waals surface area contributed by atoms with E-state index in [-0.39, 0.29) is 25.4 Å². The first-order valence-corrected chi connectivity index (χ1v) is 8.49. The van der Waals surface area contributed by atoms with E-state index in [4.69, 9.17) is 4.74 Å². The molecule has 1 amide bonds. The van der Waals surface area contributed by atoms with Gasteiger partial charge in [0.1, 0.15) is 0 Å². The summed E-state index contributed by atoms with van der Waals surface area (Å²) in [6.07, 6.45) is 3.79. The first-order valence-electron chi connectivity index (χ1n) is 8.49. The van der Waals surface area contributed by atoms with E-state index >= 15 is 0 Å². The largest absolute Gasteiger partial charge is 0.375 e. The van der Waals surface area contributed by atoms with Crippen LogP contribution in [0.15, 0.2) is 0 Å². The normalized spacial score (nSPS) is 19.3. The molecule has 0 bridgehead atoms. The minimum Gasteiger partial charge on any atom is -0.375 e. The molecule has 4 nitrogen and oxygen atoms in total. The van der Waals surface area contributed by atoms with E-state index in [1.165, 1.54) is 19.4 Å². The molecule has 132 valence electrons. The fourth-order valence-corrected chi connectivity index (χ4v) is 2.77. The third-order valence-corrected chi connectivity index (χ3v) is 4.14. The van der Waals surface area contributed by atoms with Gasteiger partial charge in [-0.25, -0.2) is 0 Å². The van der Waals surface area contributed by atoms with Gasteiger partial charge >= 0.3 is 0 Å². The molecule has 1 aliphatic heterocycles. The van der Waals surface area contributed by atoms with Crippen LogP contribution in [0.2, 0.25) is 0 Å². The van der Waals surface area contributed by atoms with Gasteiger partial charge in [-0.3, -0.25) is 9.69 Å². The van der Waals surface area contributed by atoms with E-state index in [1.807, 2.05) is 25.8 Å². The van der Waals surface area contributed by atoms with Crippen molar-refractivity contribution in [3.05, 3.63) is 0 Å². The second kappa shape index (κ2) is 11.0. The van der Waals surface area contributed by atoms with Gasteiger partial charge in [0.05, 0.1) is 12.7 Å². The Morgan fingerprint density at radius 2 is 2.00 bits per heavy atom. The van der Waals surface area contributed by atoms with E-state index in [1.54, 1.807) is 0 Å². The Morgan fingerprint density at radius 3 is 2.59 bits per heavy atom. The molecule has 0 radical (unpaired) electrons. The molecule has 0 unspecified atom stereocenters. The van der Waals surface area contributed by atoms with Gasteiger partial charge in [0.15, 0.2) is 0 Å². The minimum atomic E-state index is 0. The Morgan fingerprint density at radius 1 is 1.32 bits per heavy atom. The highest BCUT2D eigenvalue weighted by molar-refractivity contribution is 5.77. The summed E-state index contributed by atoms with van der Waals surface area (Å²) >= 11 is 0. The van der Waals surface area contributed by atoms with Crippen LogP contribution in [0.25, 0.3) is 0 Å². The van der Waals surface area contributed by atoms with E-state index in [0.29, 0.717) is 0 Å². The average molecular weight is 315 g/mol. The second-order valence-corrected chi connectivity index (χ2v) is 7.03. The first-order chi connectivity index (χ1) is 9.90. The molecule has 0 aromatic heterocycles. The predicted octanol–water partition coefficient (Wildman–Crippen LogP) is 3.26. The molecular weight excluding hydrogens is 276 g/mol. The molecule has 4 heteroatoms. The van der Waals surface area contributed by atoms with Gasteiger partial charge in [-0.1, -0.05) is 35.1 Å². The molecule has 0 aromatic rings. The number of carbonyl (C=O) groups is 1. The van der Waals surface area contributed by atoms with Crippen molar-refractivity contribution in [3.8, 4) is 0 Å². The van der Waals surface area contributed by atoms with E-state index < -0.39 is 0 Å². The Bertz CT molecular complexity index is 305. The molecular formula is C18H38N2O2. The summed E-state index contributed by atoms with van der Waals surface area (Å²) in [4.78, 5) is 16.2. The highest BCUT2D eigenvalue weighted by atomic mass is 16.5. The summed E-state index contributed by atoms with van der Waals surface area (Å²) in [5.41, 5.74) is 0. The monoisotopic (exact) mass is 314 g/mol. The fourth-order valence-electron chi connectivity index (χ4n) is 2.77. The number of nitrogens with zero attached hydrogens (tertiary/aromatic N) is 2. The molecule has 0 spiro atoms. The number of carbonyl (C=O) groups excluding carboxylic acids is 1. The minimum absolute atomic E-state index is 0. The number of hydrogen-bond acceptors (Lipinski definition) is 3. The zero-order valence-electron chi connectivity index (χ0n) is 14.6. The maximum Gasteiger partial charge on any atom is 0.224 e. The van der Waals surface area contributed by atoms with Crippen LogP contribution < -0.4 is 0 Å². The molecule has 22 heavy (non-hydrogen) atoms. The van der Waals surface area contributed by atoms with Crippen molar-refractivity contribution < 1.29 is 9.53 Å². The lowest BCUT2D eigenvalue weighted by atomic mass is 10.1. The molecule has 1 aliphatic rings. The lowest BCUT2D eigenvalue weighted by Crippen LogP contribution is -2.44. The third kappa shape index (κ3) is 8.14. The summed E-state index contributed by atoms with van der Waals surface area (Å²) in [6, 6.07) is 0. The Hall–Kier alpha value is -0.610. The second-order valence-electron chi connectivity index (χ2n) is 7.03. The lowest BCUT2D eigenvalue weighted by molar-refractivity contribution is -0.133. The molecule has 1 heterocycles. The van der Waals surface area contributed by atoms with Gasteiger partial charge in [0.25, 0.3) is 0 Å². The molecule has 1 rings (SSSR count). The van der Waals surface area contributed by atoms with E-state index in [9.17, 15) is 4.79 Å². The lowest BCUT2D eigenvalue weighted by Gasteiger charge is -2.34. The third-order valence-electron chi connectivity index (χ3n) is 4.14. The van der Waals surface area contributed by atoms with Crippen molar-refractivity contribution in [3.63, 3.8) is 0 Å². The number of hydrogen-bond donors (Lipinski definition) is 0. The van der Waals surface area contributed by atoms with Crippen molar-refractivity contribution in [2.45, 2.75) is 60.5 Å². The molecule has 0 aliphatic carbocycles. The van der Waals surface area contributed by atoms with Gasteiger partial charge in [0.2, 0.25) is 5.91 Å². The predicted molar refractivity (Wildman–Crippen MR) is 94.1 cm³/mol. The SMILES string of the molecule is C.CC(C)CCCN1CCO[C@H](CCN(C)C(=O)C(C)C)C1. The van der Waals surface area contributed by atoms with Crippen LogP contribution in [-0.4, -0.2) is 61.6 Å². The molecule has 1 fully saturated rings. The maximum atomic E-state index is 11.9. The smallest absolute Gasteiger partial charge is 0.224 e. The van der Waals surface area contributed by atoms with Gasteiger partial charge in [-0.2, -0.15) is 0 Å². The van der Waals surface area contributed by atoms with Crippen LogP contribution >= 0.6 is 0 Å². The summed E-state index contributed by atoms with van der Waals surface area (Å²) in [5, 5.41) is 0. The van der Waals surface area contributed by atoms with Crippen LogP contribution in [0, 0.1) is 11.8 Å². The van der Waals surface area contributed by atoms with Gasteiger partial charge in [-0.15, -0.1) is 0 Å². The Labute approximate surface area is 138 Å². The highest BCUT2D eigenvalue weighted by Crippen LogP contribution is 2.12. The first kappa shape index (κ1) is 21.4. The van der Waals surface area contributed by atoms with Gasteiger partial charge < -0.3 is 9.64 Å². The average Bonchev–Trinajstić information content (AvgIpc) is 2.44. The topological polar surface area (TPSA) is 32.8 Å². The zero-order valence-corrected chi connectivity index (χ0v) is 14.6. The van der Waals surface area contributed by atoms with Gasteiger partial charge in [0, 0.05) is 32.6 Å². The van der Waals surface area contributed by atoms with Crippen LogP contribution in [-0.2, 0) is 9.53 Å². The quantitative estimate of drug-likeness (QED) is 0.689.